The zero-order chi connectivity index (χ0) is 30.0. The number of para-hydroxylation sites is 1. The van der Waals surface area contributed by atoms with Crippen molar-refractivity contribution in [3.63, 3.8) is 0 Å². The van der Waals surface area contributed by atoms with E-state index in [1.54, 1.807) is 36.7 Å². The van der Waals surface area contributed by atoms with Crippen LogP contribution in [0, 0.1) is 5.92 Å². The summed E-state index contributed by atoms with van der Waals surface area (Å²) in [7, 11) is 0. The van der Waals surface area contributed by atoms with Gasteiger partial charge in [-0.15, -0.1) is 0 Å². The average molecular weight is 606 g/mol. The average Bonchev–Trinajstić information content (AvgIpc) is 3.32. The van der Waals surface area contributed by atoms with Gasteiger partial charge < -0.3 is 10.2 Å². The number of piperidine rings is 1. The summed E-state index contributed by atoms with van der Waals surface area (Å²) >= 11 is 0.837. The third-order valence-electron chi connectivity index (χ3n) is 7.35. The van der Waals surface area contributed by atoms with Crippen LogP contribution in [0.15, 0.2) is 65.8 Å². The van der Waals surface area contributed by atoms with E-state index in [-0.39, 0.29) is 17.1 Å². The number of anilines is 1. The summed E-state index contributed by atoms with van der Waals surface area (Å²) in [6, 6.07) is 13.5. The van der Waals surface area contributed by atoms with Crippen LogP contribution in [0.3, 0.4) is 0 Å². The maximum Gasteiger partial charge on any atom is 0.433 e. The van der Waals surface area contributed by atoms with Crippen LogP contribution in [0.1, 0.15) is 29.8 Å². The molecule has 0 spiro atoms. The van der Waals surface area contributed by atoms with Crippen LogP contribution in [0.25, 0.3) is 28.2 Å². The molecule has 9 nitrogen and oxygen atoms in total. The van der Waals surface area contributed by atoms with Gasteiger partial charge in [0.05, 0.1) is 21.8 Å². The van der Waals surface area contributed by atoms with Crippen LogP contribution < -0.4 is 15.5 Å². The third-order valence-corrected chi connectivity index (χ3v) is 8.16. The van der Waals surface area contributed by atoms with E-state index in [4.69, 9.17) is 0 Å². The van der Waals surface area contributed by atoms with Crippen LogP contribution >= 0.6 is 11.8 Å². The molecule has 0 bridgehead atoms. The summed E-state index contributed by atoms with van der Waals surface area (Å²) < 4.78 is 41.3. The summed E-state index contributed by atoms with van der Waals surface area (Å²) in [4.78, 5) is 42.8. The highest BCUT2D eigenvalue weighted by Crippen LogP contribution is 2.33. The zero-order valence-corrected chi connectivity index (χ0v) is 23.6. The predicted octanol–water partition coefficient (Wildman–Crippen LogP) is 5.44. The molecule has 2 fully saturated rings. The van der Waals surface area contributed by atoms with Gasteiger partial charge in [0.15, 0.2) is 0 Å². The van der Waals surface area contributed by atoms with Crippen LogP contribution in [-0.4, -0.2) is 50.7 Å². The van der Waals surface area contributed by atoms with Gasteiger partial charge in [-0.05, 0) is 79.0 Å². The molecule has 1 aromatic carbocycles. The Morgan fingerprint density at radius 2 is 1.81 bits per heavy atom. The fourth-order valence-corrected chi connectivity index (χ4v) is 5.87. The number of fused-ring (bicyclic) bond motifs is 1. The molecule has 5 heterocycles. The summed E-state index contributed by atoms with van der Waals surface area (Å²) in [6.45, 7) is 2.35. The lowest BCUT2D eigenvalue weighted by molar-refractivity contribution is -0.141. The maximum absolute atomic E-state index is 13.8. The van der Waals surface area contributed by atoms with E-state index >= 15 is 0 Å². The number of imide groups is 1. The number of rotatable bonds is 7. The third kappa shape index (κ3) is 6.67. The standard InChI is InChI=1S/C30H26F3N7O2S/c31-30(32,33)26-14-19(13-24(38-26)22-6-10-35-23-4-2-1-3-21(22)23)17-34-16-18-7-11-40(12-8-18)28-36-9-5-20(37-28)15-25-27(41)39-29(42)43-25/h1-6,9-10,13-15,18,34H,7-8,11-12,16-17H2,(H,39,41,42). The van der Waals surface area contributed by atoms with Gasteiger partial charge in [-0.1, -0.05) is 18.2 Å². The number of amides is 2. The Kier molecular flexibility index (Phi) is 8.08. The van der Waals surface area contributed by atoms with Crippen LogP contribution in [0.2, 0.25) is 0 Å². The molecule has 0 aliphatic carbocycles. The molecule has 4 aromatic rings. The van der Waals surface area contributed by atoms with Crippen molar-refractivity contribution >= 4 is 45.8 Å². The van der Waals surface area contributed by atoms with Crippen molar-refractivity contribution in [2.24, 2.45) is 5.92 Å². The molecule has 0 atom stereocenters. The van der Waals surface area contributed by atoms with E-state index in [9.17, 15) is 22.8 Å². The quantitative estimate of drug-likeness (QED) is 0.266. The Labute approximate surface area is 249 Å². The number of pyridine rings is 2. The fourth-order valence-electron chi connectivity index (χ4n) is 5.20. The molecule has 13 heteroatoms. The van der Waals surface area contributed by atoms with Crippen molar-refractivity contribution in [2.75, 3.05) is 24.5 Å². The first kappa shape index (κ1) is 28.7. The molecule has 43 heavy (non-hydrogen) atoms. The van der Waals surface area contributed by atoms with Gasteiger partial charge in [0.1, 0.15) is 5.69 Å². The molecule has 0 unspecified atom stereocenters. The largest absolute Gasteiger partial charge is 0.433 e. The molecule has 0 radical (unpaired) electrons. The van der Waals surface area contributed by atoms with E-state index in [1.807, 2.05) is 24.3 Å². The first-order chi connectivity index (χ1) is 20.7. The number of aromatic nitrogens is 4. The highest BCUT2D eigenvalue weighted by atomic mass is 32.2. The summed E-state index contributed by atoms with van der Waals surface area (Å²) in [6.07, 6.45) is 1.90. The van der Waals surface area contributed by atoms with Crippen LogP contribution in [-0.2, 0) is 17.5 Å². The van der Waals surface area contributed by atoms with Crippen LogP contribution in [0.4, 0.5) is 23.9 Å². The zero-order valence-electron chi connectivity index (χ0n) is 22.8. The van der Waals surface area contributed by atoms with Gasteiger partial charge in [-0.25, -0.2) is 15.0 Å². The highest BCUT2D eigenvalue weighted by Gasteiger charge is 2.33. The number of nitrogens with one attached hydrogen (secondary N) is 2. The van der Waals surface area contributed by atoms with E-state index in [0.29, 0.717) is 53.8 Å². The molecule has 3 aromatic heterocycles. The summed E-state index contributed by atoms with van der Waals surface area (Å²) in [5.41, 5.74) is 1.67. The molecule has 2 N–H and O–H groups in total. The highest BCUT2D eigenvalue weighted by molar-refractivity contribution is 8.18. The predicted molar refractivity (Wildman–Crippen MR) is 158 cm³/mol. The van der Waals surface area contributed by atoms with Crippen molar-refractivity contribution in [1.29, 1.82) is 0 Å². The molecule has 2 aliphatic rings. The molecule has 2 saturated heterocycles. The lowest BCUT2D eigenvalue weighted by Crippen LogP contribution is -2.38. The van der Waals surface area contributed by atoms with E-state index in [2.05, 4.69) is 35.5 Å². The Morgan fingerprint density at radius 3 is 2.58 bits per heavy atom. The topological polar surface area (TPSA) is 113 Å². The first-order valence-electron chi connectivity index (χ1n) is 13.7. The molecular weight excluding hydrogens is 579 g/mol. The summed E-state index contributed by atoms with van der Waals surface area (Å²) in [5.74, 6) is 0.439. The lowest BCUT2D eigenvalue weighted by Gasteiger charge is -2.32. The van der Waals surface area contributed by atoms with Crippen LogP contribution in [0.5, 0.6) is 0 Å². The molecule has 6 rings (SSSR count). The number of thioether (sulfide) groups is 1. The second kappa shape index (κ2) is 12.1. The maximum atomic E-state index is 13.8. The van der Waals surface area contributed by atoms with Crippen molar-refractivity contribution < 1.29 is 22.8 Å². The minimum atomic E-state index is -4.57. The molecule has 2 aliphatic heterocycles. The Bertz CT molecular complexity index is 1720. The monoisotopic (exact) mass is 605 g/mol. The minimum Gasteiger partial charge on any atom is -0.341 e. The van der Waals surface area contributed by atoms with Gasteiger partial charge in [0.25, 0.3) is 11.1 Å². The van der Waals surface area contributed by atoms with E-state index in [0.717, 1.165) is 36.1 Å². The minimum absolute atomic E-state index is 0.259. The molecule has 2 amide bonds. The normalized spacial score (nSPS) is 17.2. The Balaban J connectivity index is 1.09. The number of hydrogen-bond acceptors (Lipinski definition) is 9. The molecule has 220 valence electrons. The second-order valence-electron chi connectivity index (χ2n) is 10.3. The van der Waals surface area contributed by atoms with E-state index in [1.165, 1.54) is 0 Å². The second-order valence-corrected chi connectivity index (χ2v) is 11.3. The summed E-state index contributed by atoms with van der Waals surface area (Å²) in [5, 5.41) is 5.90. The van der Waals surface area contributed by atoms with Gasteiger partial charge in [0, 0.05) is 43.0 Å². The number of alkyl halides is 3. The van der Waals surface area contributed by atoms with Gasteiger partial charge in [0.2, 0.25) is 5.95 Å². The number of hydrogen-bond donors (Lipinski definition) is 2. The Hall–Kier alpha value is -4.36. The number of nitrogens with zero attached hydrogens (tertiary/aromatic N) is 5. The molecule has 0 saturated carbocycles. The van der Waals surface area contributed by atoms with Crippen molar-refractivity contribution in [2.45, 2.75) is 25.6 Å². The Morgan fingerprint density at radius 1 is 1.02 bits per heavy atom. The van der Waals surface area contributed by atoms with Crippen molar-refractivity contribution in [3.05, 3.63) is 82.8 Å². The lowest BCUT2D eigenvalue weighted by atomic mass is 9.97. The first-order valence-corrected chi connectivity index (χ1v) is 14.5. The SMILES string of the molecule is O=C1NC(=O)C(=Cc2ccnc(N3CCC(CNCc4cc(-c5ccnc6ccccc56)nc(C(F)(F)F)c4)CC3)n2)S1. The smallest absolute Gasteiger partial charge is 0.341 e. The molecular formula is C30H26F3N7O2S. The number of carbonyl (C=O) groups is 2. The van der Waals surface area contributed by atoms with Crippen molar-refractivity contribution in [3.8, 4) is 11.3 Å². The number of carbonyl (C=O) groups excluding carboxylic acids is 2. The van der Waals surface area contributed by atoms with E-state index < -0.39 is 23.0 Å². The van der Waals surface area contributed by atoms with Gasteiger partial charge in [-0.2, -0.15) is 13.2 Å². The fraction of sp³-hybridized carbons (Fsp3) is 0.267. The van der Waals surface area contributed by atoms with Crippen molar-refractivity contribution in [1.82, 2.24) is 30.6 Å². The van der Waals surface area contributed by atoms with Gasteiger partial charge >= 0.3 is 6.18 Å². The van der Waals surface area contributed by atoms with Gasteiger partial charge in [-0.3, -0.25) is 19.9 Å². The number of halogens is 3. The number of benzene rings is 1.